The van der Waals surface area contributed by atoms with E-state index in [9.17, 15) is 9.90 Å². The second-order valence-electron chi connectivity index (χ2n) is 5.67. The van der Waals surface area contributed by atoms with Crippen LogP contribution in [0.2, 0.25) is 0 Å². The summed E-state index contributed by atoms with van der Waals surface area (Å²) in [5, 5.41) is 9.21. The van der Waals surface area contributed by atoms with Crippen molar-refractivity contribution in [2.24, 2.45) is 17.3 Å². The lowest BCUT2D eigenvalue weighted by Crippen LogP contribution is -2.33. The molecule has 0 heterocycles. The Hall–Kier alpha value is -0.370. The number of rotatable bonds is 2. The summed E-state index contributed by atoms with van der Waals surface area (Å²) in [4.78, 5) is 11.6. The standard InChI is InChI=1S/C12H22O2/c1-12(2,3)7-9-5-4-6-11(14)10(9)8-13/h9-10,13H,4-8H2,1-3H3. The SMILES string of the molecule is CC(C)(C)CC1CCCC(=O)C1CO. The van der Waals surface area contributed by atoms with Crippen LogP contribution in [-0.4, -0.2) is 17.5 Å². The summed E-state index contributed by atoms with van der Waals surface area (Å²) in [5.74, 6) is 0.595. The smallest absolute Gasteiger partial charge is 0.138 e. The topological polar surface area (TPSA) is 37.3 Å². The molecule has 1 fully saturated rings. The van der Waals surface area contributed by atoms with E-state index in [0.717, 1.165) is 19.3 Å². The summed E-state index contributed by atoms with van der Waals surface area (Å²) < 4.78 is 0. The minimum Gasteiger partial charge on any atom is -0.396 e. The molecular weight excluding hydrogens is 176 g/mol. The molecule has 0 amide bonds. The van der Waals surface area contributed by atoms with Crippen LogP contribution < -0.4 is 0 Å². The Balaban J connectivity index is 2.61. The van der Waals surface area contributed by atoms with Crippen molar-refractivity contribution in [1.82, 2.24) is 0 Å². The van der Waals surface area contributed by atoms with Crippen molar-refractivity contribution in [3.8, 4) is 0 Å². The lowest BCUT2D eigenvalue weighted by atomic mass is 9.71. The molecule has 0 aromatic rings. The van der Waals surface area contributed by atoms with Crippen LogP contribution in [0.4, 0.5) is 0 Å². The maximum absolute atomic E-state index is 11.6. The van der Waals surface area contributed by atoms with E-state index in [2.05, 4.69) is 20.8 Å². The van der Waals surface area contributed by atoms with Crippen LogP contribution in [0.15, 0.2) is 0 Å². The molecule has 1 aliphatic carbocycles. The zero-order valence-corrected chi connectivity index (χ0v) is 9.55. The number of ketones is 1. The van der Waals surface area contributed by atoms with Crippen LogP contribution in [0.1, 0.15) is 46.5 Å². The molecule has 1 rings (SSSR count). The summed E-state index contributed by atoms with van der Waals surface area (Å²) in [7, 11) is 0. The molecule has 1 saturated carbocycles. The molecule has 2 heteroatoms. The summed E-state index contributed by atoms with van der Waals surface area (Å²) in [6, 6.07) is 0. The number of aliphatic hydroxyl groups excluding tert-OH is 1. The fourth-order valence-corrected chi connectivity index (χ4v) is 2.47. The Bertz CT molecular complexity index is 203. The number of hydrogen-bond donors (Lipinski definition) is 1. The molecule has 0 bridgehead atoms. The predicted molar refractivity (Wildman–Crippen MR) is 57.0 cm³/mol. The van der Waals surface area contributed by atoms with E-state index in [0.29, 0.717) is 12.3 Å². The molecule has 0 spiro atoms. The fraction of sp³-hybridized carbons (Fsp3) is 0.917. The van der Waals surface area contributed by atoms with Gasteiger partial charge in [0.25, 0.3) is 0 Å². The van der Waals surface area contributed by atoms with Crippen molar-refractivity contribution in [3.05, 3.63) is 0 Å². The van der Waals surface area contributed by atoms with Crippen molar-refractivity contribution < 1.29 is 9.90 Å². The van der Waals surface area contributed by atoms with E-state index in [-0.39, 0.29) is 23.7 Å². The van der Waals surface area contributed by atoms with E-state index >= 15 is 0 Å². The number of hydrogen-bond acceptors (Lipinski definition) is 2. The highest BCUT2D eigenvalue weighted by Gasteiger charge is 2.33. The van der Waals surface area contributed by atoms with Gasteiger partial charge in [-0.1, -0.05) is 20.8 Å². The van der Waals surface area contributed by atoms with Gasteiger partial charge in [-0.25, -0.2) is 0 Å². The van der Waals surface area contributed by atoms with E-state index in [1.54, 1.807) is 0 Å². The molecule has 0 radical (unpaired) electrons. The van der Waals surface area contributed by atoms with Gasteiger partial charge in [0.05, 0.1) is 6.61 Å². The largest absolute Gasteiger partial charge is 0.396 e. The Morgan fingerprint density at radius 3 is 2.57 bits per heavy atom. The van der Waals surface area contributed by atoms with Crippen molar-refractivity contribution in [2.45, 2.75) is 46.5 Å². The Kier molecular flexibility index (Phi) is 3.71. The molecule has 0 saturated heterocycles. The lowest BCUT2D eigenvalue weighted by Gasteiger charge is -2.33. The van der Waals surface area contributed by atoms with Gasteiger partial charge in [-0.05, 0) is 30.6 Å². The lowest BCUT2D eigenvalue weighted by molar-refractivity contribution is -0.128. The van der Waals surface area contributed by atoms with Gasteiger partial charge in [-0.2, -0.15) is 0 Å². The summed E-state index contributed by atoms with van der Waals surface area (Å²) >= 11 is 0. The predicted octanol–water partition coefficient (Wildman–Crippen LogP) is 2.40. The van der Waals surface area contributed by atoms with Gasteiger partial charge in [0.15, 0.2) is 0 Å². The van der Waals surface area contributed by atoms with Crippen LogP contribution in [0.25, 0.3) is 0 Å². The zero-order valence-electron chi connectivity index (χ0n) is 9.55. The Labute approximate surface area is 86.7 Å². The fourth-order valence-electron chi connectivity index (χ4n) is 2.47. The molecule has 2 nitrogen and oxygen atoms in total. The number of carbonyl (C=O) groups excluding carboxylic acids is 1. The van der Waals surface area contributed by atoms with Gasteiger partial charge in [0, 0.05) is 12.3 Å². The first-order chi connectivity index (χ1) is 6.44. The summed E-state index contributed by atoms with van der Waals surface area (Å²) in [6.07, 6.45) is 3.83. The molecule has 2 unspecified atom stereocenters. The van der Waals surface area contributed by atoms with Crippen LogP contribution in [0.3, 0.4) is 0 Å². The maximum Gasteiger partial charge on any atom is 0.138 e. The molecule has 82 valence electrons. The van der Waals surface area contributed by atoms with Crippen LogP contribution in [0.5, 0.6) is 0 Å². The monoisotopic (exact) mass is 198 g/mol. The van der Waals surface area contributed by atoms with Crippen molar-refractivity contribution in [1.29, 1.82) is 0 Å². The van der Waals surface area contributed by atoms with Gasteiger partial charge in [-0.15, -0.1) is 0 Å². The van der Waals surface area contributed by atoms with Crippen LogP contribution in [-0.2, 0) is 4.79 Å². The van der Waals surface area contributed by atoms with Crippen molar-refractivity contribution in [2.75, 3.05) is 6.61 Å². The normalized spacial score (nSPS) is 29.3. The van der Waals surface area contributed by atoms with E-state index in [1.807, 2.05) is 0 Å². The van der Waals surface area contributed by atoms with Crippen LogP contribution in [0, 0.1) is 17.3 Å². The van der Waals surface area contributed by atoms with Gasteiger partial charge in [-0.3, -0.25) is 4.79 Å². The second kappa shape index (κ2) is 4.43. The minimum absolute atomic E-state index is 0.0413. The highest BCUT2D eigenvalue weighted by Crippen LogP contribution is 2.36. The number of carbonyl (C=O) groups is 1. The minimum atomic E-state index is -0.0806. The Morgan fingerprint density at radius 1 is 1.43 bits per heavy atom. The quantitative estimate of drug-likeness (QED) is 0.739. The maximum atomic E-state index is 11.6. The highest BCUT2D eigenvalue weighted by molar-refractivity contribution is 5.82. The first-order valence-corrected chi connectivity index (χ1v) is 5.57. The second-order valence-corrected chi connectivity index (χ2v) is 5.67. The summed E-state index contributed by atoms with van der Waals surface area (Å²) in [5.41, 5.74) is 0.260. The third-order valence-corrected chi connectivity index (χ3v) is 3.05. The first-order valence-electron chi connectivity index (χ1n) is 5.57. The van der Waals surface area contributed by atoms with E-state index in [1.165, 1.54) is 0 Å². The Morgan fingerprint density at radius 2 is 2.07 bits per heavy atom. The molecule has 0 aliphatic heterocycles. The van der Waals surface area contributed by atoms with Crippen molar-refractivity contribution in [3.63, 3.8) is 0 Å². The van der Waals surface area contributed by atoms with Crippen LogP contribution >= 0.6 is 0 Å². The molecule has 0 aromatic carbocycles. The van der Waals surface area contributed by atoms with E-state index < -0.39 is 0 Å². The van der Waals surface area contributed by atoms with Gasteiger partial charge in [0.2, 0.25) is 0 Å². The molecule has 2 atom stereocenters. The number of Topliss-reactive ketones (excluding diaryl/α,β-unsaturated/α-hetero) is 1. The third-order valence-electron chi connectivity index (χ3n) is 3.05. The van der Waals surface area contributed by atoms with Gasteiger partial charge < -0.3 is 5.11 Å². The average Bonchev–Trinajstić information content (AvgIpc) is 2.01. The molecule has 1 aliphatic rings. The molecular formula is C12H22O2. The highest BCUT2D eigenvalue weighted by atomic mass is 16.3. The van der Waals surface area contributed by atoms with Gasteiger partial charge >= 0.3 is 0 Å². The first kappa shape index (κ1) is 11.7. The molecule has 14 heavy (non-hydrogen) atoms. The number of aliphatic hydroxyl groups is 1. The zero-order chi connectivity index (χ0) is 10.8. The van der Waals surface area contributed by atoms with E-state index in [4.69, 9.17) is 0 Å². The molecule has 0 aromatic heterocycles. The summed E-state index contributed by atoms with van der Waals surface area (Å²) in [6.45, 7) is 6.63. The van der Waals surface area contributed by atoms with Gasteiger partial charge in [0.1, 0.15) is 5.78 Å². The average molecular weight is 198 g/mol. The molecule has 1 N–H and O–H groups in total. The third kappa shape index (κ3) is 3.09. The van der Waals surface area contributed by atoms with Crippen molar-refractivity contribution >= 4 is 5.78 Å².